The molecule has 84 valence electrons. The maximum absolute atomic E-state index is 5.79. The van der Waals surface area contributed by atoms with Crippen LogP contribution in [0.1, 0.15) is 18.9 Å². The molecule has 1 nitrogen and oxygen atoms in total. The Balaban J connectivity index is 2.28. The van der Waals surface area contributed by atoms with Crippen LogP contribution >= 0.6 is 27.5 Å². The minimum atomic E-state index is 0.609. The monoisotopic (exact) mass is 290 g/mol. The number of halogens is 2. The molecule has 0 amide bonds. The average Bonchev–Trinajstić information content (AvgIpc) is 2.27. The third kappa shape index (κ3) is 5.01. The zero-order valence-corrected chi connectivity index (χ0v) is 11.2. The highest BCUT2D eigenvalue weighted by atomic mass is 79.9. The second-order valence-electron chi connectivity index (χ2n) is 3.57. The van der Waals surface area contributed by atoms with Gasteiger partial charge in [0.25, 0.3) is 0 Å². The van der Waals surface area contributed by atoms with E-state index in [1.807, 2.05) is 24.3 Å². The number of ether oxygens (including phenoxy) is 1. The highest BCUT2D eigenvalue weighted by Crippen LogP contribution is 2.12. The van der Waals surface area contributed by atoms with Gasteiger partial charge in [0, 0.05) is 10.4 Å². The normalized spacial score (nSPS) is 12.7. The van der Waals surface area contributed by atoms with E-state index in [1.165, 1.54) is 5.56 Å². The molecule has 0 heterocycles. The van der Waals surface area contributed by atoms with E-state index < -0.39 is 0 Å². The first-order chi connectivity index (χ1) is 7.26. The van der Waals surface area contributed by atoms with Gasteiger partial charge in [0.1, 0.15) is 0 Å². The van der Waals surface area contributed by atoms with Gasteiger partial charge in [0.05, 0.1) is 13.2 Å². The second-order valence-corrected chi connectivity index (χ2v) is 4.65. The first-order valence-corrected chi connectivity index (χ1v) is 6.64. The maximum atomic E-state index is 5.79. The van der Waals surface area contributed by atoms with Crippen molar-refractivity contribution in [3.8, 4) is 0 Å². The third-order valence-electron chi connectivity index (χ3n) is 2.33. The molecule has 15 heavy (non-hydrogen) atoms. The van der Waals surface area contributed by atoms with Gasteiger partial charge >= 0.3 is 0 Å². The molecular formula is C12H16BrClO. The fourth-order valence-electron chi connectivity index (χ4n) is 1.20. The number of hydrogen-bond donors (Lipinski definition) is 0. The van der Waals surface area contributed by atoms with Gasteiger partial charge in [0.2, 0.25) is 0 Å². The summed E-state index contributed by atoms with van der Waals surface area (Å²) in [6.07, 6.45) is 1.14. The first-order valence-electron chi connectivity index (χ1n) is 5.14. The lowest BCUT2D eigenvalue weighted by Crippen LogP contribution is -2.09. The highest BCUT2D eigenvalue weighted by molar-refractivity contribution is 9.09. The van der Waals surface area contributed by atoms with Gasteiger partial charge in [-0.25, -0.2) is 0 Å². The molecule has 0 aliphatic carbocycles. The van der Waals surface area contributed by atoms with E-state index in [0.29, 0.717) is 12.5 Å². The fraction of sp³-hybridized carbons (Fsp3) is 0.500. The first kappa shape index (κ1) is 13.0. The van der Waals surface area contributed by atoms with Crippen LogP contribution in [0.2, 0.25) is 5.02 Å². The molecule has 0 saturated carbocycles. The molecule has 1 rings (SSSR count). The van der Waals surface area contributed by atoms with Crippen molar-refractivity contribution in [2.24, 2.45) is 5.92 Å². The Morgan fingerprint density at radius 3 is 2.53 bits per heavy atom. The Morgan fingerprint density at radius 2 is 2.00 bits per heavy atom. The molecule has 0 N–H and O–H groups in total. The van der Waals surface area contributed by atoms with E-state index in [0.717, 1.165) is 23.4 Å². The zero-order valence-electron chi connectivity index (χ0n) is 8.88. The van der Waals surface area contributed by atoms with E-state index in [4.69, 9.17) is 16.3 Å². The Kier molecular flexibility index (Phi) is 6.30. The Hall–Kier alpha value is -0.0500. The quantitative estimate of drug-likeness (QED) is 0.711. The summed E-state index contributed by atoms with van der Waals surface area (Å²) in [5.41, 5.74) is 1.17. The Morgan fingerprint density at radius 1 is 1.33 bits per heavy atom. The van der Waals surface area contributed by atoms with Gasteiger partial charge in [-0.3, -0.25) is 0 Å². The Bertz CT molecular complexity index is 269. The summed E-state index contributed by atoms with van der Waals surface area (Å²) < 4.78 is 5.63. The number of alkyl halides is 1. The SMILES string of the molecule is CCC(CBr)COCc1ccc(Cl)cc1. The molecule has 0 saturated heterocycles. The number of hydrogen-bond acceptors (Lipinski definition) is 1. The minimum absolute atomic E-state index is 0.609. The summed E-state index contributed by atoms with van der Waals surface area (Å²) in [6.45, 7) is 3.66. The molecule has 3 heteroatoms. The van der Waals surface area contributed by atoms with Crippen LogP contribution in [0, 0.1) is 5.92 Å². The molecular weight excluding hydrogens is 275 g/mol. The van der Waals surface area contributed by atoms with Crippen LogP contribution < -0.4 is 0 Å². The van der Waals surface area contributed by atoms with Crippen molar-refractivity contribution in [3.63, 3.8) is 0 Å². The molecule has 0 radical (unpaired) electrons. The molecule has 1 unspecified atom stereocenters. The summed E-state index contributed by atoms with van der Waals surface area (Å²) in [5, 5.41) is 1.77. The smallest absolute Gasteiger partial charge is 0.0717 e. The zero-order chi connectivity index (χ0) is 11.1. The van der Waals surface area contributed by atoms with Crippen LogP contribution in [0.4, 0.5) is 0 Å². The molecule has 1 atom stereocenters. The van der Waals surface area contributed by atoms with E-state index in [9.17, 15) is 0 Å². The summed E-state index contributed by atoms with van der Waals surface area (Å²) in [7, 11) is 0. The molecule has 0 aliphatic heterocycles. The molecule has 0 spiro atoms. The standard InChI is InChI=1S/C12H16BrClO/c1-2-10(7-13)8-15-9-11-3-5-12(14)6-4-11/h3-6,10H,2,7-9H2,1H3. The number of rotatable bonds is 6. The lowest BCUT2D eigenvalue weighted by atomic mass is 10.1. The minimum Gasteiger partial charge on any atom is -0.376 e. The molecule has 0 fully saturated rings. The lowest BCUT2D eigenvalue weighted by molar-refractivity contribution is 0.0927. The van der Waals surface area contributed by atoms with E-state index >= 15 is 0 Å². The number of benzene rings is 1. The van der Waals surface area contributed by atoms with E-state index in [1.54, 1.807) is 0 Å². The van der Waals surface area contributed by atoms with Gasteiger partial charge in [-0.1, -0.05) is 53.0 Å². The van der Waals surface area contributed by atoms with Crippen molar-refractivity contribution in [2.45, 2.75) is 20.0 Å². The van der Waals surface area contributed by atoms with Crippen LogP contribution in [0.15, 0.2) is 24.3 Å². The topological polar surface area (TPSA) is 9.23 Å². The second kappa shape index (κ2) is 7.26. The van der Waals surface area contributed by atoms with Crippen molar-refractivity contribution >= 4 is 27.5 Å². The van der Waals surface area contributed by atoms with Gasteiger partial charge in [-0.2, -0.15) is 0 Å². The van der Waals surface area contributed by atoms with Gasteiger partial charge < -0.3 is 4.74 Å². The third-order valence-corrected chi connectivity index (χ3v) is 3.50. The average molecular weight is 292 g/mol. The van der Waals surface area contributed by atoms with Gasteiger partial charge in [0.15, 0.2) is 0 Å². The van der Waals surface area contributed by atoms with Gasteiger partial charge in [-0.05, 0) is 23.6 Å². The lowest BCUT2D eigenvalue weighted by Gasteiger charge is -2.11. The maximum Gasteiger partial charge on any atom is 0.0717 e. The predicted molar refractivity (Wildman–Crippen MR) is 68.7 cm³/mol. The molecule has 1 aromatic rings. The largest absolute Gasteiger partial charge is 0.376 e. The molecule has 0 aliphatic rings. The molecule has 0 aromatic heterocycles. The van der Waals surface area contributed by atoms with Crippen molar-refractivity contribution in [1.82, 2.24) is 0 Å². The highest BCUT2D eigenvalue weighted by Gasteiger charge is 2.03. The van der Waals surface area contributed by atoms with E-state index in [2.05, 4.69) is 22.9 Å². The van der Waals surface area contributed by atoms with Crippen LogP contribution in [0.5, 0.6) is 0 Å². The van der Waals surface area contributed by atoms with Crippen LogP contribution in [-0.4, -0.2) is 11.9 Å². The van der Waals surface area contributed by atoms with Crippen molar-refractivity contribution in [1.29, 1.82) is 0 Å². The van der Waals surface area contributed by atoms with Crippen molar-refractivity contribution in [3.05, 3.63) is 34.9 Å². The Labute approximate surface area is 105 Å². The summed E-state index contributed by atoms with van der Waals surface area (Å²) in [4.78, 5) is 0. The van der Waals surface area contributed by atoms with Gasteiger partial charge in [-0.15, -0.1) is 0 Å². The van der Waals surface area contributed by atoms with Crippen LogP contribution in [-0.2, 0) is 11.3 Å². The summed E-state index contributed by atoms with van der Waals surface area (Å²) in [6, 6.07) is 7.78. The van der Waals surface area contributed by atoms with Crippen molar-refractivity contribution < 1.29 is 4.74 Å². The summed E-state index contributed by atoms with van der Waals surface area (Å²) >= 11 is 9.27. The predicted octanol–water partition coefficient (Wildman–Crippen LogP) is 4.28. The summed E-state index contributed by atoms with van der Waals surface area (Å²) in [5.74, 6) is 0.609. The van der Waals surface area contributed by atoms with E-state index in [-0.39, 0.29) is 0 Å². The van der Waals surface area contributed by atoms with Crippen LogP contribution in [0.25, 0.3) is 0 Å². The van der Waals surface area contributed by atoms with Crippen LogP contribution in [0.3, 0.4) is 0 Å². The fourth-order valence-corrected chi connectivity index (χ4v) is 1.97. The van der Waals surface area contributed by atoms with Crippen molar-refractivity contribution in [2.75, 3.05) is 11.9 Å². The molecule has 0 bridgehead atoms. The molecule has 1 aromatic carbocycles.